The van der Waals surface area contributed by atoms with Crippen LogP contribution in [0.4, 0.5) is 0 Å². The van der Waals surface area contributed by atoms with E-state index in [9.17, 15) is 9.59 Å². The molecule has 5 heteroatoms. The minimum Gasteiger partial charge on any atom is -0.480 e. The predicted molar refractivity (Wildman–Crippen MR) is 29.0 cm³/mol. The lowest BCUT2D eigenvalue weighted by Gasteiger charge is -1.85. The molecule has 0 aromatic rings. The summed E-state index contributed by atoms with van der Waals surface area (Å²) in [5.41, 5.74) is 0. The van der Waals surface area contributed by atoms with Crippen LogP contribution in [0.1, 0.15) is 0 Å². The van der Waals surface area contributed by atoms with Crippen LogP contribution in [-0.4, -0.2) is 24.0 Å². The fraction of sp³-hybridized carbons (Fsp3) is 0.333. The van der Waals surface area contributed by atoms with Crippen molar-refractivity contribution in [3.63, 3.8) is 0 Å². The Morgan fingerprint density at radius 2 is 2.25 bits per heavy atom. The van der Waals surface area contributed by atoms with Gasteiger partial charge < -0.3 is 10.4 Å². The summed E-state index contributed by atoms with van der Waals surface area (Å²) in [6.07, 6.45) is 0.341. The molecule has 0 aliphatic heterocycles. The first-order chi connectivity index (χ1) is 3.27. The van der Waals surface area contributed by atoms with E-state index in [1.165, 1.54) is 0 Å². The van der Waals surface area contributed by atoms with Gasteiger partial charge in [0.2, 0.25) is 6.41 Å². The number of carbonyl (C=O) groups excluding carboxylic acids is 1. The minimum absolute atomic E-state index is 0. The van der Waals surface area contributed by atoms with Crippen LogP contribution in [0.15, 0.2) is 0 Å². The average molecular weight is 140 g/mol. The van der Waals surface area contributed by atoms with Crippen LogP contribution in [0.25, 0.3) is 0 Å². The number of hydrogen-bond acceptors (Lipinski definition) is 2. The number of nitrogens with one attached hydrogen (secondary N) is 1. The molecule has 0 atom stereocenters. The van der Waals surface area contributed by atoms with E-state index in [2.05, 4.69) is 0 Å². The van der Waals surface area contributed by atoms with Gasteiger partial charge >= 0.3 is 5.97 Å². The van der Waals surface area contributed by atoms with Gasteiger partial charge in [-0.25, -0.2) is 0 Å². The number of rotatable bonds is 3. The first-order valence-corrected chi connectivity index (χ1v) is 1.66. The van der Waals surface area contributed by atoms with Gasteiger partial charge in [0.25, 0.3) is 0 Å². The fourth-order valence-electron chi connectivity index (χ4n) is 0.129. The van der Waals surface area contributed by atoms with Crippen LogP contribution in [0.3, 0.4) is 0 Å². The zero-order valence-corrected chi connectivity index (χ0v) is 4.77. The van der Waals surface area contributed by atoms with Gasteiger partial charge in [0, 0.05) is 0 Å². The molecule has 0 aromatic carbocycles. The Morgan fingerprint density at radius 1 is 1.75 bits per heavy atom. The standard InChI is InChI=1S/C3H5NO3.ClH/c5-2-4-1-3(6)7;/h2H,1H2,(H,4,5)(H,6,7);1H. The summed E-state index contributed by atoms with van der Waals surface area (Å²) in [5.74, 6) is -1.04. The highest BCUT2D eigenvalue weighted by atomic mass is 35.5. The maximum atomic E-state index is 9.54. The normalized spacial score (nSPS) is 6.50. The molecule has 2 N–H and O–H groups in total. The van der Waals surface area contributed by atoms with Gasteiger partial charge in [-0.2, -0.15) is 0 Å². The van der Waals surface area contributed by atoms with Gasteiger partial charge in [-0.15, -0.1) is 12.4 Å². The van der Waals surface area contributed by atoms with Gasteiger partial charge in [-0.05, 0) is 0 Å². The Morgan fingerprint density at radius 3 is 2.38 bits per heavy atom. The number of carbonyl (C=O) groups is 2. The number of aliphatic carboxylic acids is 1. The first kappa shape index (κ1) is 10.3. The van der Waals surface area contributed by atoms with Crippen molar-refractivity contribution in [3.8, 4) is 0 Å². The second-order valence-corrected chi connectivity index (χ2v) is 0.892. The van der Waals surface area contributed by atoms with Crippen LogP contribution in [0.2, 0.25) is 0 Å². The van der Waals surface area contributed by atoms with Crippen molar-refractivity contribution in [2.45, 2.75) is 0 Å². The Bertz CT molecular complexity index is 84.6. The van der Waals surface area contributed by atoms with E-state index in [0.717, 1.165) is 0 Å². The van der Waals surface area contributed by atoms with Crippen molar-refractivity contribution in [2.75, 3.05) is 6.54 Å². The Balaban J connectivity index is 0. The highest BCUT2D eigenvalue weighted by Crippen LogP contribution is 1.51. The van der Waals surface area contributed by atoms with E-state index in [1.807, 2.05) is 5.32 Å². The summed E-state index contributed by atoms with van der Waals surface area (Å²) in [7, 11) is 0. The fourth-order valence-corrected chi connectivity index (χ4v) is 0.129. The molecule has 8 heavy (non-hydrogen) atoms. The van der Waals surface area contributed by atoms with Crippen LogP contribution in [0.5, 0.6) is 0 Å². The third kappa shape index (κ3) is 8.97. The molecule has 1 amide bonds. The molecule has 0 saturated carbocycles. The maximum absolute atomic E-state index is 9.54. The zero-order valence-electron chi connectivity index (χ0n) is 3.96. The third-order valence-electron chi connectivity index (χ3n) is 0.337. The molecular weight excluding hydrogens is 133 g/mol. The van der Waals surface area contributed by atoms with Crippen molar-refractivity contribution in [2.24, 2.45) is 0 Å². The lowest BCUT2D eigenvalue weighted by atomic mass is 10.7. The summed E-state index contributed by atoms with van der Waals surface area (Å²) >= 11 is 0. The average Bonchev–Trinajstić information content (AvgIpc) is 1.61. The molecule has 0 aliphatic carbocycles. The number of hydrogen-bond donors (Lipinski definition) is 2. The molecule has 0 bridgehead atoms. The molecule has 48 valence electrons. The topological polar surface area (TPSA) is 66.4 Å². The van der Waals surface area contributed by atoms with Gasteiger partial charge in [-0.3, -0.25) is 9.59 Å². The van der Waals surface area contributed by atoms with Gasteiger partial charge in [0.05, 0.1) is 0 Å². The van der Waals surface area contributed by atoms with E-state index in [1.54, 1.807) is 0 Å². The summed E-state index contributed by atoms with van der Waals surface area (Å²) < 4.78 is 0. The molecule has 4 nitrogen and oxygen atoms in total. The number of carboxylic acid groups (broad SMARTS) is 1. The Kier molecular flexibility index (Phi) is 7.99. The van der Waals surface area contributed by atoms with Gasteiger partial charge in [0.1, 0.15) is 6.54 Å². The second-order valence-electron chi connectivity index (χ2n) is 0.892. The molecule has 0 heterocycles. The number of amides is 1. The van der Waals surface area contributed by atoms with E-state index in [4.69, 9.17) is 5.11 Å². The first-order valence-electron chi connectivity index (χ1n) is 1.66. The molecule has 0 spiro atoms. The monoisotopic (exact) mass is 139 g/mol. The van der Waals surface area contributed by atoms with Crippen molar-refractivity contribution in [1.29, 1.82) is 0 Å². The van der Waals surface area contributed by atoms with Crippen LogP contribution in [0, 0.1) is 0 Å². The van der Waals surface area contributed by atoms with Crippen molar-refractivity contribution in [3.05, 3.63) is 0 Å². The largest absolute Gasteiger partial charge is 0.480 e. The summed E-state index contributed by atoms with van der Waals surface area (Å²) in [6, 6.07) is 0. The molecule has 0 rings (SSSR count). The molecule has 0 aliphatic rings. The van der Waals surface area contributed by atoms with E-state index < -0.39 is 5.97 Å². The quantitative estimate of drug-likeness (QED) is 0.505. The Labute approximate surface area is 52.3 Å². The maximum Gasteiger partial charge on any atom is 0.322 e. The van der Waals surface area contributed by atoms with E-state index in [0.29, 0.717) is 6.41 Å². The van der Waals surface area contributed by atoms with Crippen molar-refractivity contribution in [1.82, 2.24) is 5.32 Å². The van der Waals surface area contributed by atoms with Crippen molar-refractivity contribution >= 4 is 24.8 Å². The lowest BCUT2D eigenvalue weighted by Crippen LogP contribution is -2.20. The highest BCUT2D eigenvalue weighted by molar-refractivity contribution is 5.85. The van der Waals surface area contributed by atoms with Crippen LogP contribution >= 0.6 is 12.4 Å². The van der Waals surface area contributed by atoms with Crippen LogP contribution in [-0.2, 0) is 9.59 Å². The van der Waals surface area contributed by atoms with Crippen LogP contribution < -0.4 is 5.32 Å². The summed E-state index contributed by atoms with van der Waals surface area (Å²) in [4.78, 5) is 18.9. The van der Waals surface area contributed by atoms with Gasteiger partial charge in [0.15, 0.2) is 0 Å². The lowest BCUT2D eigenvalue weighted by molar-refractivity contribution is -0.136. The summed E-state index contributed by atoms with van der Waals surface area (Å²) in [5, 5.41) is 9.79. The van der Waals surface area contributed by atoms with E-state index in [-0.39, 0.29) is 19.0 Å². The van der Waals surface area contributed by atoms with Crippen molar-refractivity contribution < 1.29 is 14.7 Å². The SMILES string of the molecule is Cl.O=CNCC(=O)O. The molecule has 0 aromatic heterocycles. The molecule has 0 fully saturated rings. The second kappa shape index (κ2) is 6.23. The smallest absolute Gasteiger partial charge is 0.322 e. The summed E-state index contributed by atoms with van der Waals surface area (Å²) in [6.45, 7) is -0.302. The molecular formula is C3H6ClNO3. The predicted octanol–water partition coefficient (Wildman–Crippen LogP) is -0.761. The molecule has 0 saturated heterocycles. The number of halogens is 1. The molecule has 0 unspecified atom stereocenters. The third-order valence-corrected chi connectivity index (χ3v) is 0.337. The highest BCUT2D eigenvalue weighted by Gasteiger charge is 1.88. The zero-order chi connectivity index (χ0) is 5.70. The van der Waals surface area contributed by atoms with Gasteiger partial charge in [-0.1, -0.05) is 0 Å². The molecule has 0 radical (unpaired) electrons. The van der Waals surface area contributed by atoms with E-state index >= 15 is 0 Å². The minimum atomic E-state index is -1.04. The number of carboxylic acids is 1. The Hall–Kier alpha value is -0.770.